The van der Waals surface area contributed by atoms with Gasteiger partial charge in [0, 0.05) is 15.1 Å². The van der Waals surface area contributed by atoms with Crippen LogP contribution < -0.4 is 11.1 Å². The van der Waals surface area contributed by atoms with Gasteiger partial charge in [-0.2, -0.15) is 0 Å². The second-order valence-corrected chi connectivity index (χ2v) is 5.98. The molecule has 0 bridgehead atoms. The van der Waals surface area contributed by atoms with Crippen molar-refractivity contribution in [2.75, 3.05) is 6.54 Å². The quantitative estimate of drug-likeness (QED) is 0.843. The summed E-state index contributed by atoms with van der Waals surface area (Å²) in [4.78, 5) is 15.7. The maximum Gasteiger partial charge on any atom is 0.240 e. The Labute approximate surface area is 117 Å². The zero-order valence-electron chi connectivity index (χ0n) is 9.12. The van der Waals surface area contributed by atoms with E-state index in [2.05, 4.69) is 42.2 Å². The van der Waals surface area contributed by atoms with Gasteiger partial charge in [0.05, 0.1) is 5.69 Å². The third kappa shape index (κ3) is 3.50. The lowest BCUT2D eigenvalue weighted by atomic mass is 10.1. The smallest absolute Gasteiger partial charge is 0.240 e. The van der Waals surface area contributed by atoms with E-state index in [1.807, 2.05) is 6.07 Å². The lowest BCUT2D eigenvalue weighted by molar-refractivity contribution is -0.120. The summed E-state index contributed by atoms with van der Waals surface area (Å²) in [5.74, 6) is 0.284. The van der Waals surface area contributed by atoms with Crippen molar-refractivity contribution in [2.24, 2.45) is 11.7 Å². The van der Waals surface area contributed by atoms with Gasteiger partial charge in [0.2, 0.25) is 5.91 Å². The number of pyridine rings is 1. The summed E-state index contributed by atoms with van der Waals surface area (Å²) in [6, 6.07) is 1.33. The van der Waals surface area contributed by atoms with Crippen LogP contribution in [-0.4, -0.2) is 17.4 Å². The van der Waals surface area contributed by atoms with E-state index in [-0.39, 0.29) is 0 Å². The molecular weight excluding hydrogens is 350 g/mol. The number of rotatable bonds is 5. The average molecular weight is 363 g/mol. The van der Waals surface area contributed by atoms with E-state index in [0.717, 1.165) is 15.5 Å². The van der Waals surface area contributed by atoms with E-state index in [9.17, 15) is 4.79 Å². The van der Waals surface area contributed by atoms with Crippen LogP contribution in [0.1, 0.15) is 24.6 Å². The fourth-order valence-corrected chi connectivity index (χ4v) is 2.79. The third-order valence-electron chi connectivity index (χ3n) is 2.70. The first-order chi connectivity index (χ1) is 8.08. The van der Waals surface area contributed by atoms with Crippen LogP contribution in [0.15, 0.2) is 21.2 Å². The first kappa shape index (κ1) is 13.0. The lowest BCUT2D eigenvalue weighted by Crippen LogP contribution is -2.35. The molecule has 1 fully saturated rings. The van der Waals surface area contributed by atoms with Crippen LogP contribution in [0.4, 0.5) is 0 Å². The minimum atomic E-state index is -0.530. The molecule has 92 valence electrons. The predicted molar refractivity (Wildman–Crippen MR) is 72.3 cm³/mol. The molecule has 17 heavy (non-hydrogen) atoms. The molecule has 2 rings (SSSR count). The van der Waals surface area contributed by atoms with E-state index < -0.39 is 11.9 Å². The number of halogens is 2. The molecule has 0 radical (unpaired) electrons. The number of nitrogens with two attached hydrogens (primary N) is 1. The molecule has 0 aliphatic heterocycles. The van der Waals surface area contributed by atoms with Gasteiger partial charge in [0.15, 0.2) is 0 Å². The molecule has 0 aromatic carbocycles. The molecule has 1 atom stereocenters. The van der Waals surface area contributed by atoms with E-state index >= 15 is 0 Å². The minimum absolute atomic E-state index is 0.402. The number of carbonyl (C=O) groups excluding carboxylic acids is 1. The molecule has 1 aliphatic rings. The molecule has 1 aromatic rings. The Kier molecular flexibility index (Phi) is 4.17. The number of aromatic nitrogens is 1. The number of primary amides is 1. The Morgan fingerprint density at radius 1 is 1.59 bits per heavy atom. The number of nitrogens with zero attached hydrogens (tertiary/aromatic N) is 1. The molecular formula is C11H13Br2N3O. The molecule has 1 amide bonds. The second kappa shape index (κ2) is 5.46. The number of hydrogen-bond donors (Lipinski definition) is 2. The monoisotopic (exact) mass is 361 g/mol. The van der Waals surface area contributed by atoms with Crippen LogP contribution in [0.5, 0.6) is 0 Å². The highest BCUT2D eigenvalue weighted by molar-refractivity contribution is 9.11. The summed E-state index contributed by atoms with van der Waals surface area (Å²) in [5, 5.41) is 3.18. The van der Waals surface area contributed by atoms with Crippen molar-refractivity contribution in [1.82, 2.24) is 10.3 Å². The molecule has 1 saturated carbocycles. The summed E-state index contributed by atoms with van der Waals surface area (Å²) in [5.41, 5.74) is 6.05. The van der Waals surface area contributed by atoms with Gasteiger partial charge >= 0.3 is 0 Å². The Hall–Kier alpha value is -0.460. The highest BCUT2D eigenvalue weighted by Crippen LogP contribution is 2.29. The Morgan fingerprint density at radius 2 is 2.29 bits per heavy atom. The Morgan fingerprint density at radius 3 is 2.82 bits per heavy atom. The van der Waals surface area contributed by atoms with Crippen LogP contribution in [0.3, 0.4) is 0 Å². The van der Waals surface area contributed by atoms with Gasteiger partial charge in [-0.25, -0.2) is 0 Å². The number of carbonyl (C=O) groups is 1. The summed E-state index contributed by atoms with van der Waals surface area (Å²) in [6.45, 7) is 0.817. The number of amides is 1. The minimum Gasteiger partial charge on any atom is -0.368 e. The van der Waals surface area contributed by atoms with Gasteiger partial charge in [-0.15, -0.1) is 0 Å². The van der Waals surface area contributed by atoms with Crippen LogP contribution in [0, 0.1) is 5.92 Å². The SMILES string of the molecule is NC(=O)C(NCC1CC1)c1ncc(Br)cc1Br. The largest absolute Gasteiger partial charge is 0.368 e. The van der Waals surface area contributed by atoms with Crippen molar-refractivity contribution in [3.63, 3.8) is 0 Å². The van der Waals surface area contributed by atoms with Crippen molar-refractivity contribution >= 4 is 37.8 Å². The molecule has 4 nitrogen and oxygen atoms in total. The summed E-state index contributed by atoms with van der Waals surface area (Å²) in [7, 11) is 0. The normalized spacial score (nSPS) is 16.8. The molecule has 0 spiro atoms. The summed E-state index contributed by atoms with van der Waals surface area (Å²) in [6.07, 6.45) is 4.12. The average Bonchev–Trinajstić information content (AvgIpc) is 3.04. The van der Waals surface area contributed by atoms with Crippen molar-refractivity contribution < 1.29 is 4.79 Å². The molecule has 6 heteroatoms. The predicted octanol–water partition coefficient (Wildman–Crippen LogP) is 2.13. The second-order valence-electron chi connectivity index (χ2n) is 4.21. The van der Waals surface area contributed by atoms with Crippen LogP contribution in [0.2, 0.25) is 0 Å². The van der Waals surface area contributed by atoms with Gasteiger partial charge in [-0.05, 0) is 63.2 Å². The third-order valence-corrected chi connectivity index (χ3v) is 3.77. The van der Waals surface area contributed by atoms with Crippen LogP contribution in [-0.2, 0) is 4.79 Å². The standard InChI is InChI=1S/C11H13Br2N3O/c12-7-3-8(13)9(16-5-7)10(11(14)17)15-4-6-1-2-6/h3,5-6,10,15H,1-2,4H2,(H2,14,17). The number of nitrogens with one attached hydrogen (secondary N) is 1. The molecule has 1 unspecified atom stereocenters. The zero-order valence-corrected chi connectivity index (χ0v) is 12.3. The van der Waals surface area contributed by atoms with Crippen molar-refractivity contribution in [3.8, 4) is 0 Å². The fraction of sp³-hybridized carbons (Fsp3) is 0.455. The van der Waals surface area contributed by atoms with E-state index in [1.54, 1.807) is 6.20 Å². The molecule has 3 N–H and O–H groups in total. The number of hydrogen-bond acceptors (Lipinski definition) is 3. The van der Waals surface area contributed by atoms with Crippen molar-refractivity contribution in [2.45, 2.75) is 18.9 Å². The first-order valence-corrected chi connectivity index (χ1v) is 7.00. The highest BCUT2D eigenvalue weighted by Gasteiger charge is 2.26. The van der Waals surface area contributed by atoms with Gasteiger partial charge < -0.3 is 11.1 Å². The van der Waals surface area contributed by atoms with Crippen molar-refractivity contribution in [3.05, 3.63) is 26.9 Å². The maximum atomic E-state index is 11.5. The molecule has 1 aliphatic carbocycles. The first-order valence-electron chi connectivity index (χ1n) is 5.41. The van der Waals surface area contributed by atoms with Gasteiger partial charge in [-0.3, -0.25) is 9.78 Å². The molecule has 1 heterocycles. The summed E-state index contributed by atoms with van der Waals surface area (Å²) < 4.78 is 1.64. The van der Waals surface area contributed by atoms with E-state index in [4.69, 9.17) is 5.73 Å². The molecule has 0 saturated heterocycles. The van der Waals surface area contributed by atoms with Crippen molar-refractivity contribution in [1.29, 1.82) is 0 Å². The van der Waals surface area contributed by atoms with Gasteiger partial charge in [0.1, 0.15) is 6.04 Å². The highest BCUT2D eigenvalue weighted by atomic mass is 79.9. The van der Waals surface area contributed by atoms with Crippen LogP contribution >= 0.6 is 31.9 Å². The van der Waals surface area contributed by atoms with Crippen LogP contribution in [0.25, 0.3) is 0 Å². The zero-order chi connectivity index (χ0) is 12.4. The topological polar surface area (TPSA) is 68.0 Å². The Balaban J connectivity index is 2.15. The Bertz CT molecular complexity index is 435. The van der Waals surface area contributed by atoms with E-state index in [0.29, 0.717) is 11.6 Å². The van der Waals surface area contributed by atoms with E-state index in [1.165, 1.54) is 12.8 Å². The fourth-order valence-electron chi connectivity index (χ4n) is 1.58. The van der Waals surface area contributed by atoms with Gasteiger partial charge in [-0.1, -0.05) is 0 Å². The summed E-state index contributed by atoms with van der Waals surface area (Å²) >= 11 is 6.72. The molecule has 1 aromatic heterocycles. The van der Waals surface area contributed by atoms with Gasteiger partial charge in [0.25, 0.3) is 0 Å². The maximum absolute atomic E-state index is 11.5. The lowest BCUT2D eigenvalue weighted by Gasteiger charge is -2.16.